The Bertz CT molecular complexity index is 890. The van der Waals surface area contributed by atoms with Crippen molar-refractivity contribution >= 4 is 29.2 Å². The predicted molar refractivity (Wildman–Crippen MR) is 114 cm³/mol. The van der Waals surface area contributed by atoms with E-state index in [0.29, 0.717) is 16.5 Å². The largest absolute Gasteiger partial charge is 0.496 e. The van der Waals surface area contributed by atoms with E-state index in [-0.39, 0.29) is 18.1 Å². The summed E-state index contributed by atoms with van der Waals surface area (Å²) in [7, 11) is 1.49. The average Bonchev–Trinajstić information content (AvgIpc) is 2.74. The molecule has 154 valence electrons. The number of rotatable bonds is 6. The van der Waals surface area contributed by atoms with Crippen LogP contribution >= 0.6 is 11.6 Å². The number of ether oxygens (including phenoxy) is 2. The quantitative estimate of drug-likeness (QED) is 0.644. The Kier molecular flexibility index (Phi) is 6.80. The van der Waals surface area contributed by atoms with E-state index in [1.165, 1.54) is 7.11 Å². The summed E-state index contributed by atoms with van der Waals surface area (Å²) in [6.07, 6.45) is 4.52. The van der Waals surface area contributed by atoms with Crippen LogP contribution in [0.15, 0.2) is 42.5 Å². The van der Waals surface area contributed by atoms with E-state index in [1.54, 1.807) is 25.1 Å². The Balaban J connectivity index is 1.94. The summed E-state index contributed by atoms with van der Waals surface area (Å²) in [5.74, 6) is -0.191. The number of esters is 1. The zero-order chi connectivity index (χ0) is 20.9. The van der Waals surface area contributed by atoms with E-state index in [0.717, 1.165) is 37.7 Å². The third kappa shape index (κ3) is 4.40. The minimum Gasteiger partial charge on any atom is -0.496 e. The van der Waals surface area contributed by atoms with E-state index in [1.807, 2.05) is 24.3 Å². The minimum atomic E-state index is -0.680. The first-order valence-corrected chi connectivity index (χ1v) is 10.3. The standard InChI is InChI=1S/C23H26ClNO4/c1-3-29-21(26)17-15-16(11-12-20(17)28-2)25-22(27)23(13-7-4-8-14-23)18-9-5-6-10-19(18)24/h5-6,9-12,15H,3-4,7-8,13-14H2,1-2H3,(H,25,27). The van der Waals surface area contributed by atoms with Crippen molar-refractivity contribution in [3.8, 4) is 5.75 Å². The Morgan fingerprint density at radius 2 is 1.83 bits per heavy atom. The molecule has 2 aromatic rings. The summed E-state index contributed by atoms with van der Waals surface area (Å²) in [6.45, 7) is 2.00. The molecule has 6 heteroatoms. The molecule has 0 aliphatic heterocycles. The maximum Gasteiger partial charge on any atom is 0.341 e. The molecule has 0 aromatic heterocycles. The van der Waals surface area contributed by atoms with Gasteiger partial charge in [-0.2, -0.15) is 0 Å². The van der Waals surface area contributed by atoms with Crippen LogP contribution in [-0.4, -0.2) is 25.6 Å². The van der Waals surface area contributed by atoms with Gasteiger partial charge in [0.2, 0.25) is 5.91 Å². The molecule has 0 spiro atoms. The van der Waals surface area contributed by atoms with Crippen molar-refractivity contribution < 1.29 is 19.1 Å². The van der Waals surface area contributed by atoms with Crippen LogP contribution in [0.25, 0.3) is 0 Å². The second-order valence-electron chi connectivity index (χ2n) is 7.21. The Morgan fingerprint density at radius 3 is 2.48 bits per heavy atom. The molecular weight excluding hydrogens is 390 g/mol. The van der Waals surface area contributed by atoms with E-state index in [4.69, 9.17) is 21.1 Å². The molecule has 0 atom stereocenters. The molecule has 0 unspecified atom stereocenters. The van der Waals surface area contributed by atoms with Crippen molar-refractivity contribution in [3.05, 3.63) is 58.6 Å². The fourth-order valence-corrected chi connectivity index (χ4v) is 4.34. The van der Waals surface area contributed by atoms with Gasteiger partial charge in [-0.1, -0.05) is 49.1 Å². The molecule has 0 heterocycles. The molecule has 1 saturated carbocycles. The molecule has 1 aliphatic rings. The number of hydrogen-bond acceptors (Lipinski definition) is 4. The van der Waals surface area contributed by atoms with Gasteiger partial charge in [0, 0.05) is 10.7 Å². The SMILES string of the molecule is CCOC(=O)c1cc(NC(=O)C2(c3ccccc3Cl)CCCCC2)ccc1OC. The lowest BCUT2D eigenvalue weighted by atomic mass is 9.68. The summed E-state index contributed by atoms with van der Waals surface area (Å²) in [6, 6.07) is 12.5. The zero-order valence-corrected chi connectivity index (χ0v) is 17.6. The normalized spacial score (nSPS) is 15.4. The second-order valence-corrected chi connectivity index (χ2v) is 7.62. The number of halogens is 1. The molecule has 3 rings (SSSR count). The van der Waals surface area contributed by atoms with Gasteiger partial charge in [0.05, 0.1) is 19.1 Å². The fraction of sp³-hybridized carbons (Fsp3) is 0.391. The fourth-order valence-electron chi connectivity index (χ4n) is 4.03. The van der Waals surface area contributed by atoms with Crippen LogP contribution in [0, 0.1) is 0 Å². The van der Waals surface area contributed by atoms with E-state index in [2.05, 4.69) is 5.32 Å². The van der Waals surface area contributed by atoms with Crippen molar-refractivity contribution in [1.29, 1.82) is 0 Å². The van der Waals surface area contributed by atoms with Crippen LogP contribution in [-0.2, 0) is 14.9 Å². The summed E-state index contributed by atoms with van der Waals surface area (Å²) >= 11 is 6.48. The lowest BCUT2D eigenvalue weighted by Crippen LogP contribution is -2.42. The number of hydrogen-bond donors (Lipinski definition) is 1. The highest BCUT2D eigenvalue weighted by Crippen LogP contribution is 2.43. The molecule has 0 radical (unpaired) electrons. The topological polar surface area (TPSA) is 64.6 Å². The number of carbonyl (C=O) groups is 2. The summed E-state index contributed by atoms with van der Waals surface area (Å²) in [5.41, 5.74) is 0.983. The van der Waals surface area contributed by atoms with Crippen LogP contribution in [0.4, 0.5) is 5.69 Å². The third-order valence-electron chi connectivity index (χ3n) is 5.48. The van der Waals surface area contributed by atoms with Gasteiger partial charge in [0.25, 0.3) is 0 Å². The van der Waals surface area contributed by atoms with Crippen LogP contribution in [0.3, 0.4) is 0 Å². The highest BCUT2D eigenvalue weighted by atomic mass is 35.5. The maximum atomic E-state index is 13.5. The molecule has 5 nitrogen and oxygen atoms in total. The molecule has 29 heavy (non-hydrogen) atoms. The van der Waals surface area contributed by atoms with Gasteiger partial charge in [-0.25, -0.2) is 4.79 Å². The molecule has 0 bridgehead atoms. The molecule has 0 saturated heterocycles. The number of nitrogens with one attached hydrogen (secondary N) is 1. The summed E-state index contributed by atoms with van der Waals surface area (Å²) in [5, 5.41) is 3.61. The van der Waals surface area contributed by atoms with Crippen molar-refractivity contribution in [2.45, 2.75) is 44.4 Å². The Morgan fingerprint density at radius 1 is 1.10 bits per heavy atom. The summed E-state index contributed by atoms with van der Waals surface area (Å²) < 4.78 is 10.4. The predicted octanol–water partition coefficient (Wildman–Crippen LogP) is 5.37. The third-order valence-corrected chi connectivity index (χ3v) is 5.81. The lowest BCUT2D eigenvalue weighted by Gasteiger charge is -2.37. The van der Waals surface area contributed by atoms with Gasteiger partial charge in [0.15, 0.2) is 0 Å². The van der Waals surface area contributed by atoms with E-state index < -0.39 is 11.4 Å². The van der Waals surface area contributed by atoms with Gasteiger partial charge in [-0.15, -0.1) is 0 Å². The van der Waals surface area contributed by atoms with Crippen molar-refractivity contribution in [1.82, 2.24) is 0 Å². The van der Waals surface area contributed by atoms with Crippen LogP contribution in [0.5, 0.6) is 5.75 Å². The lowest BCUT2D eigenvalue weighted by molar-refractivity contribution is -0.122. The zero-order valence-electron chi connectivity index (χ0n) is 16.8. The van der Waals surface area contributed by atoms with Gasteiger partial charge in [-0.05, 0) is 49.6 Å². The van der Waals surface area contributed by atoms with Crippen LogP contribution in [0.1, 0.15) is 54.9 Å². The molecule has 1 N–H and O–H groups in total. The average molecular weight is 416 g/mol. The second kappa shape index (κ2) is 9.31. The Hall–Kier alpha value is -2.53. The maximum absolute atomic E-state index is 13.5. The number of methoxy groups -OCH3 is 1. The van der Waals surface area contributed by atoms with E-state index in [9.17, 15) is 9.59 Å². The summed E-state index contributed by atoms with van der Waals surface area (Å²) in [4.78, 5) is 25.7. The monoisotopic (exact) mass is 415 g/mol. The number of amides is 1. The van der Waals surface area contributed by atoms with Gasteiger partial charge in [-0.3, -0.25) is 4.79 Å². The molecule has 2 aromatic carbocycles. The van der Waals surface area contributed by atoms with Gasteiger partial charge >= 0.3 is 5.97 Å². The highest BCUT2D eigenvalue weighted by molar-refractivity contribution is 6.31. The van der Waals surface area contributed by atoms with Gasteiger partial charge in [0.1, 0.15) is 11.3 Å². The minimum absolute atomic E-state index is 0.106. The van der Waals surface area contributed by atoms with Crippen molar-refractivity contribution in [2.75, 3.05) is 19.0 Å². The number of benzene rings is 2. The van der Waals surface area contributed by atoms with Crippen LogP contribution in [0.2, 0.25) is 5.02 Å². The molecule has 1 aliphatic carbocycles. The first-order chi connectivity index (χ1) is 14.0. The van der Waals surface area contributed by atoms with E-state index >= 15 is 0 Å². The molecule has 1 amide bonds. The van der Waals surface area contributed by atoms with Crippen molar-refractivity contribution in [2.24, 2.45) is 0 Å². The molecular formula is C23H26ClNO4. The van der Waals surface area contributed by atoms with Crippen LogP contribution < -0.4 is 10.1 Å². The molecule has 1 fully saturated rings. The number of anilines is 1. The van der Waals surface area contributed by atoms with Gasteiger partial charge < -0.3 is 14.8 Å². The smallest absolute Gasteiger partial charge is 0.341 e. The number of carbonyl (C=O) groups excluding carboxylic acids is 2. The first-order valence-electron chi connectivity index (χ1n) is 9.93. The highest BCUT2D eigenvalue weighted by Gasteiger charge is 2.42. The van der Waals surface area contributed by atoms with Crippen molar-refractivity contribution in [3.63, 3.8) is 0 Å². The first kappa shape index (κ1) is 21.2. The Labute approximate surface area is 176 Å².